The molecule has 4 heterocycles. The third-order valence-corrected chi connectivity index (χ3v) is 8.42. The fourth-order valence-electron chi connectivity index (χ4n) is 6.15. The van der Waals surface area contributed by atoms with Crippen molar-refractivity contribution in [3.63, 3.8) is 0 Å². The Hall–Kier alpha value is -7.05. The second kappa shape index (κ2) is 14.5. The number of rotatable bonds is 10. The van der Waals surface area contributed by atoms with Gasteiger partial charge in [-0.1, -0.05) is 48.5 Å². The molecule has 3 aromatic carbocycles. The molecule has 0 bridgehead atoms. The van der Waals surface area contributed by atoms with Crippen LogP contribution in [0, 0.1) is 5.92 Å². The van der Waals surface area contributed by atoms with Crippen LogP contribution in [0.3, 0.4) is 0 Å². The van der Waals surface area contributed by atoms with E-state index in [1.165, 1.54) is 34.9 Å². The molecule has 54 heavy (non-hydrogen) atoms. The Bertz CT molecular complexity index is 2230. The topological polar surface area (TPSA) is 222 Å². The molecule has 4 amide bonds. The summed E-state index contributed by atoms with van der Waals surface area (Å²) in [4.78, 5) is 96.7. The first-order chi connectivity index (χ1) is 26.0. The lowest BCUT2D eigenvalue weighted by Gasteiger charge is -2.25. The van der Waals surface area contributed by atoms with Crippen molar-refractivity contribution >= 4 is 64.2 Å². The van der Waals surface area contributed by atoms with Gasteiger partial charge in [-0.05, 0) is 36.4 Å². The summed E-state index contributed by atoms with van der Waals surface area (Å²) in [6.45, 7) is 1.68. The second-order valence-corrected chi connectivity index (χ2v) is 12.0. The van der Waals surface area contributed by atoms with Crippen molar-refractivity contribution in [3.05, 3.63) is 102 Å². The Morgan fingerprint density at radius 3 is 2.02 bits per heavy atom. The van der Waals surface area contributed by atoms with E-state index in [9.17, 15) is 33.9 Å². The first-order valence-corrected chi connectivity index (χ1v) is 16.3. The van der Waals surface area contributed by atoms with Crippen LogP contribution in [0.2, 0.25) is 0 Å². The maximum atomic E-state index is 13.9. The molecular weight excluding hydrogens is 706 g/mol. The van der Waals surface area contributed by atoms with Crippen molar-refractivity contribution in [2.45, 2.75) is 32.3 Å². The third-order valence-electron chi connectivity index (χ3n) is 8.42. The number of anilines is 3. The number of imide groups is 1. The van der Waals surface area contributed by atoms with Gasteiger partial charge in [0.2, 0.25) is 11.9 Å². The number of hydroxylamine groups is 2. The van der Waals surface area contributed by atoms with Gasteiger partial charge in [-0.2, -0.15) is 9.97 Å². The number of aliphatic carboxylic acids is 1. The van der Waals surface area contributed by atoms with Crippen molar-refractivity contribution in [1.29, 1.82) is 0 Å². The lowest BCUT2D eigenvalue weighted by atomic mass is 9.98. The Balaban J connectivity index is 1.24. The number of carbonyl (C=O) groups is 6. The number of fused-ring (bicyclic) bond motifs is 2. The number of carboxylic acids is 1. The Morgan fingerprint density at radius 2 is 1.46 bits per heavy atom. The van der Waals surface area contributed by atoms with Gasteiger partial charge in [-0.3, -0.25) is 33.9 Å². The molecule has 1 saturated heterocycles. The molecule has 7 rings (SSSR count). The van der Waals surface area contributed by atoms with E-state index in [2.05, 4.69) is 20.3 Å². The van der Waals surface area contributed by atoms with Crippen LogP contribution in [0.15, 0.2) is 91.3 Å². The zero-order valence-electron chi connectivity index (χ0n) is 28.4. The molecule has 0 saturated carbocycles. The minimum atomic E-state index is -1.70. The minimum Gasteiger partial charge on any atom is -0.479 e. The Morgan fingerprint density at radius 1 is 0.870 bits per heavy atom. The molecule has 2 N–H and O–H groups in total. The van der Waals surface area contributed by atoms with E-state index >= 15 is 0 Å². The number of ether oxygens (including phenoxy) is 3. The largest absolute Gasteiger partial charge is 0.479 e. The van der Waals surface area contributed by atoms with Gasteiger partial charge in [-0.25, -0.2) is 19.5 Å². The number of carboxylic acid groups (broad SMARTS) is 1. The van der Waals surface area contributed by atoms with Crippen LogP contribution in [0.5, 0.6) is 5.88 Å². The molecule has 0 spiro atoms. The molecule has 4 atom stereocenters. The van der Waals surface area contributed by atoms with Gasteiger partial charge in [0.1, 0.15) is 0 Å². The van der Waals surface area contributed by atoms with Gasteiger partial charge in [0.25, 0.3) is 17.7 Å². The summed E-state index contributed by atoms with van der Waals surface area (Å²) >= 11 is 0. The number of esters is 1. The molecule has 0 radical (unpaired) electrons. The summed E-state index contributed by atoms with van der Waals surface area (Å²) in [6, 6.07) is 23.3. The highest BCUT2D eigenvalue weighted by molar-refractivity contribution is 6.20. The molecule has 0 aliphatic carbocycles. The quantitative estimate of drug-likeness (QED) is 0.154. The van der Waals surface area contributed by atoms with E-state index in [0.717, 1.165) is 6.92 Å². The smallest absolute Gasteiger partial charge is 0.425 e. The van der Waals surface area contributed by atoms with E-state index in [0.29, 0.717) is 16.4 Å². The van der Waals surface area contributed by atoms with Crippen molar-refractivity contribution in [3.8, 4) is 5.88 Å². The molecular formula is C36H29N7O11. The molecule has 2 aromatic heterocycles. The third kappa shape index (κ3) is 6.69. The maximum absolute atomic E-state index is 13.9. The summed E-state index contributed by atoms with van der Waals surface area (Å²) in [7, 11) is 0. The Kier molecular flexibility index (Phi) is 9.51. The fourth-order valence-corrected chi connectivity index (χ4v) is 6.15. The number of nitrogens with one attached hydrogen (secondary N) is 1. The maximum Gasteiger partial charge on any atom is 0.425 e. The first-order valence-electron chi connectivity index (χ1n) is 16.3. The van der Waals surface area contributed by atoms with E-state index < -0.39 is 66.7 Å². The monoisotopic (exact) mass is 735 g/mol. The molecule has 18 heteroatoms. The average Bonchev–Trinajstić information content (AvgIpc) is 3.80. The SMILES string of the molecule is CC(=O)Nc1nc(OC(=O)N(c2ccccc2)c2ccccc2)c2ncn([C@@H]3O[C@H](C(=O)O)[C@@H](CON4C(=O)c5ccccc5C4=O)[C@H]3OC(C)=O)c2n1. The predicted octanol–water partition coefficient (Wildman–Crippen LogP) is 3.88. The fraction of sp³-hybridized carbons (Fsp3) is 0.194. The zero-order valence-corrected chi connectivity index (χ0v) is 28.4. The van der Waals surface area contributed by atoms with Crippen LogP contribution in [-0.4, -0.2) is 84.3 Å². The summed E-state index contributed by atoms with van der Waals surface area (Å²) in [6.07, 6.45) is -4.31. The zero-order chi connectivity index (χ0) is 38.1. The van der Waals surface area contributed by atoms with Crippen LogP contribution in [-0.2, 0) is 28.7 Å². The van der Waals surface area contributed by atoms with Gasteiger partial charge >= 0.3 is 18.0 Å². The number of para-hydroxylation sites is 2. The van der Waals surface area contributed by atoms with E-state index in [-0.39, 0.29) is 34.1 Å². The summed E-state index contributed by atoms with van der Waals surface area (Å²) in [5.41, 5.74) is 0.896. The van der Waals surface area contributed by atoms with Crippen molar-refractivity contribution in [2.24, 2.45) is 5.92 Å². The number of aromatic nitrogens is 4. The highest BCUT2D eigenvalue weighted by Gasteiger charge is 2.52. The van der Waals surface area contributed by atoms with Gasteiger partial charge in [0, 0.05) is 13.8 Å². The standard InChI is InChI=1S/C36H29N7O11/c1-19(44)38-35-39-29-26(30(40-35)54-36(50)42(21-11-5-3-6-12-21)22-13-7-4-8-14-22)37-18-41(29)33-27(52-20(2)45)25(28(53-33)34(48)49)17-51-43-31(46)23-15-9-10-16-24(23)32(43)47/h3-16,18,25,27-28,33H,17H2,1-2H3,(H,48,49)(H,38,39,40,44)/t25-,27+,28-,33+/m0/s1. The van der Waals surface area contributed by atoms with Crippen molar-refractivity contribution < 1.29 is 52.9 Å². The molecule has 1 fully saturated rings. The van der Waals surface area contributed by atoms with Crippen molar-refractivity contribution in [2.75, 3.05) is 16.8 Å². The first kappa shape index (κ1) is 35.4. The Labute approximate surface area is 304 Å². The number of benzene rings is 3. The normalized spacial score (nSPS) is 19.0. The van der Waals surface area contributed by atoms with Gasteiger partial charge in [-0.15, -0.1) is 5.06 Å². The molecule has 18 nitrogen and oxygen atoms in total. The summed E-state index contributed by atoms with van der Waals surface area (Å²) in [5, 5.41) is 13.2. The minimum absolute atomic E-state index is 0.0982. The summed E-state index contributed by atoms with van der Waals surface area (Å²) in [5.74, 6) is -6.37. The number of imidazole rings is 1. The number of carbonyl (C=O) groups excluding carboxylic acids is 5. The van der Waals surface area contributed by atoms with Crippen LogP contribution < -0.4 is 15.0 Å². The van der Waals surface area contributed by atoms with Crippen molar-refractivity contribution in [1.82, 2.24) is 24.6 Å². The summed E-state index contributed by atoms with van der Waals surface area (Å²) < 4.78 is 18.6. The number of hydrogen-bond donors (Lipinski definition) is 2. The van der Waals surface area contributed by atoms with Crippen LogP contribution in [0.25, 0.3) is 11.2 Å². The molecule has 2 aliphatic heterocycles. The molecule has 274 valence electrons. The molecule has 0 unspecified atom stereocenters. The van der Waals surface area contributed by atoms with Crippen LogP contribution in [0.4, 0.5) is 22.1 Å². The van der Waals surface area contributed by atoms with Gasteiger partial charge < -0.3 is 19.3 Å². The highest BCUT2D eigenvalue weighted by Crippen LogP contribution is 2.40. The molecule has 5 aromatic rings. The number of hydrogen-bond acceptors (Lipinski definition) is 13. The lowest BCUT2D eigenvalue weighted by molar-refractivity contribution is -0.159. The second-order valence-electron chi connectivity index (χ2n) is 12.0. The van der Waals surface area contributed by atoms with E-state index in [4.69, 9.17) is 19.0 Å². The lowest BCUT2D eigenvalue weighted by Crippen LogP contribution is -2.40. The molecule has 2 aliphatic rings. The van der Waals surface area contributed by atoms with Crippen LogP contribution in [0.1, 0.15) is 40.8 Å². The average molecular weight is 736 g/mol. The predicted molar refractivity (Wildman–Crippen MR) is 184 cm³/mol. The van der Waals surface area contributed by atoms with E-state index in [1.807, 2.05) is 0 Å². The number of amides is 4. The number of nitrogens with zero attached hydrogens (tertiary/aromatic N) is 6. The highest BCUT2D eigenvalue weighted by atomic mass is 16.7. The van der Waals surface area contributed by atoms with Gasteiger partial charge in [0.05, 0.1) is 41.4 Å². The van der Waals surface area contributed by atoms with Gasteiger partial charge in [0.15, 0.2) is 29.6 Å². The van der Waals surface area contributed by atoms with Crippen LogP contribution >= 0.6 is 0 Å². The van der Waals surface area contributed by atoms with E-state index in [1.54, 1.807) is 72.8 Å².